The molecular weight excluding hydrogens is 170 g/mol. The van der Waals surface area contributed by atoms with E-state index in [1.54, 1.807) is 0 Å². The van der Waals surface area contributed by atoms with E-state index >= 15 is 0 Å². The van der Waals surface area contributed by atoms with Gasteiger partial charge in [-0.25, -0.2) is 0 Å². The van der Waals surface area contributed by atoms with Crippen LogP contribution in [0.1, 0.15) is 37.3 Å². The van der Waals surface area contributed by atoms with Crippen LogP contribution in [-0.2, 0) is 6.42 Å². The van der Waals surface area contributed by atoms with Gasteiger partial charge < -0.3 is 5.32 Å². The molecule has 0 spiro atoms. The zero-order chi connectivity index (χ0) is 10.4. The Kier molecular flexibility index (Phi) is 4.68. The monoisotopic (exact) mass is 191 g/mol. The fourth-order valence-corrected chi connectivity index (χ4v) is 1.61. The summed E-state index contributed by atoms with van der Waals surface area (Å²) in [6.45, 7) is 5.58. The van der Waals surface area contributed by atoms with E-state index in [1.807, 2.05) is 7.05 Å². The van der Waals surface area contributed by atoms with Gasteiger partial charge in [0, 0.05) is 0 Å². The highest BCUT2D eigenvalue weighted by Crippen LogP contribution is 2.18. The molecule has 1 N–H and O–H groups in total. The van der Waals surface area contributed by atoms with Crippen LogP contribution in [0.25, 0.3) is 0 Å². The highest BCUT2D eigenvalue weighted by molar-refractivity contribution is 5.24. The van der Waals surface area contributed by atoms with Gasteiger partial charge in [0.2, 0.25) is 0 Å². The second kappa shape index (κ2) is 5.82. The third-order valence-electron chi connectivity index (χ3n) is 2.78. The maximum Gasteiger partial charge on any atom is -0.00462 e. The van der Waals surface area contributed by atoms with Crippen LogP contribution < -0.4 is 5.32 Å². The van der Waals surface area contributed by atoms with Crippen molar-refractivity contribution in [2.75, 3.05) is 13.6 Å². The Balaban J connectivity index is 2.57. The van der Waals surface area contributed by atoms with Crippen molar-refractivity contribution >= 4 is 0 Å². The van der Waals surface area contributed by atoms with Gasteiger partial charge >= 0.3 is 0 Å². The van der Waals surface area contributed by atoms with Gasteiger partial charge in [0.1, 0.15) is 0 Å². The summed E-state index contributed by atoms with van der Waals surface area (Å²) in [5, 5.41) is 3.19. The second-order valence-corrected chi connectivity index (χ2v) is 3.89. The number of hydrogen-bond donors (Lipinski definition) is 1. The highest BCUT2D eigenvalue weighted by atomic mass is 14.8. The average molecular weight is 191 g/mol. The predicted octanol–water partition coefficient (Wildman–Crippen LogP) is 2.96. The summed E-state index contributed by atoms with van der Waals surface area (Å²) in [6, 6.07) is 9.01. The third-order valence-corrected chi connectivity index (χ3v) is 2.78. The van der Waals surface area contributed by atoms with Crippen molar-refractivity contribution in [3.05, 3.63) is 35.4 Å². The van der Waals surface area contributed by atoms with Gasteiger partial charge in [-0.05, 0) is 43.5 Å². The van der Waals surface area contributed by atoms with Crippen molar-refractivity contribution < 1.29 is 0 Å². The van der Waals surface area contributed by atoms with Crippen molar-refractivity contribution in [3.8, 4) is 0 Å². The van der Waals surface area contributed by atoms with Crippen LogP contribution in [0.4, 0.5) is 0 Å². The highest BCUT2D eigenvalue weighted by Gasteiger charge is 2.03. The molecule has 0 aliphatic rings. The summed E-state index contributed by atoms with van der Waals surface area (Å²) in [6.07, 6.45) is 2.34. The van der Waals surface area contributed by atoms with E-state index in [0.29, 0.717) is 5.92 Å². The SMILES string of the molecule is CCc1ccc(C(C)CCNC)cc1. The van der Waals surface area contributed by atoms with Crippen LogP contribution in [0.3, 0.4) is 0 Å². The Bertz CT molecular complexity index is 250. The first-order valence-electron chi connectivity index (χ1n) is 5.51. The maximum absolute atomic E-state index is 3.19. The molecule has 1 nitrogen and oxygen atoms in total. The van der Waals surface area contributed by atoms with E-state index in [4.69, 9.17) is 0 Å². The Labute approximate surface area is 87.5 Å². The molecule has 1 unspecified atom stereocenters. The molecule has 14 heavy (non-hydrogen) atoms. The molecule has 0 aromatic heterocycles. The van der Waals surface area contributed by atoms with Crippen LogP contribution in [0, 0.1) is 0 Å². The van der Waals surface area contributed by atoms with E-state index < -0.39 is 0 Å². The molecule has 0 saturated heterocycles. The summed E-state index contributed by atoms with van der Waals surface area (Å²) in [7, 11) is 2.01. The topological polar surface area (TPSA) is 12.0 Å². The average Bonchev–Trinajstić information content (AvgIpc) is 2.26. The molecule has 0 saturated carbocycles. The van der Waals surface area contributed by atoms with Crippen LogP contribution >= 0.6 is 0 Å². The second-order valence-electron chi connectivity index (χ2n) is 3.89. The molecule has 78 valence electrons. The Hall–Kier alpha value is -0.820. The zero-order valence-electron chi connectivity index (χ0n) is 9.51. The van der Waals surface area contributed by atoms with E-state index in [0.717, 1.165) is 13.0 Å². The lowest BCUT2D eigenvalue weighted by Crippen LogP contribution is -2.10. The van der Waals surface area contributed by atoms with Gasteiger partial charge in [-0.3, -0.25) is 0 Å². The lowest BCUT2D eigenvalue weighted by atomic mass is 9.96. The molecule has 1 atom stereocenters. The van der Waals surface area contributed by atoms with Crippen LogP contribution in [-0.4, -0.2) is 13.6 Å². The Morgan fingerprint density at radius 1 is 1.21 bits per heavy atom. The van der Waals surface area contributed by atoms with Crippen molar-refractivity contribution in [2.24, 2.45) is 0 Å². The van der Waals surface area contributed by atoms with Crippen molar-refractivity contribution in [1.82, 2.24) is 5.32 Å². The minimum absolute atomic E-state index is 0.661. The van der Waals surface area contributed by atoms with E-state index in [1.165, 1.54) is 17.5 Å². The minimum atomic E-state index is 0.661. The molecule has 0 aliphatic carbocycles. The lowest BCUT2D eigenvalue weighted by molar-refractivity contribution is 0.636. The number of hydrogen-bond acceptors (Lipinski definition) is 1. The van der Waals surface area contributed by atoms with Crippen molar-refractivity contribution in [1.29, 1.82) is 0 Å². The Morgan fingerprint density at radius 2 is 1.86 bits per heavy atom. The quantitative estimate of drug-likeness (QED) is 0.754. The lowest BCUT2D eigenvalue weighted by Gasteiger charge is -2.11. The van der Waals surface area contributed by atoms with Crippen LogP contribution in [0.15, 0.2) is 24.3 Å². The molecule has 0 heterocycles. The first-order valence-corrected chi connectivity index (χ1v) is 5.51. The first-order chi connectivity index (χ1) is 6.77. The largest absolute Gasteiger partial charge is 0.320 e. The summed E-state index contributed by atoms with van der Waals surface area (Å²) in [4.78, 5) is 0. The molecule has 1 aromatic carbocycles. The summed E-state index contributed by atoms with van der Waals surface area (Å²) >= 11 is 0. The first kappa shape index (κ1) is 11.3. The third kappa shape index (κ3) is 3.15. The molecule has 0 radical (unpaired) electrons. The summed E-state index contributed by atoms with van der Waals surface area (Å²) in [5.41, 5.74) is 2.88. The van der Waals surface area contributed by atoms with Gasteiger partial charge in [-0.15, -0.1) is 0 Å². The van der Waals surface area contributed by atoms with Gasteiger partial charge in [-0.1, -0.05) is 38.1 Å². The van der Waals surface area contributed by atoms with Gasteiger partial charge in [0.15, 0.2) is 0 Å². The van der Waals surface area contributed by atoms with Crippen molar-refractivity contribution in [2.45, 2.75) is 32.6 Å². The molecule has 1 heteroatoms. The normalized spacial score (nSPS) is 12.8. The van der Waals surface area contributed by atoms with Gasteiger partial charge in [0.05, 0.1) is 0 Å². The molecule has 1 rings (SSSR count). The van der Waals surface area contributed by atoms with E-state index in [2.05, 4.69) is 43.4 Å². The number of rotatable bonds is 5. The number of benzene rings is 1. The van der Waals surface area contributed by atoms with Crippen LogP contribution in [0.2, 0.25) is 0 Å². The minimum Gasteiger partial charge on any atom is -0.320 e. The molecule has 0 fully saturated rings. The molecule has 0 amide bonds. The zero-order valence-corrected chi connectivity index (χ0v) is 9.51. The molecular formula is C13H21N. The Morgan fingerprint density at radius 3 is 2.36 bits per heavy atom. The molecule has 0 bridgehead atoms. The number of aryl methyl sites for hydroxylation is 1. The predicted molar refractivity (Wildman–Crippen MR) is 62.8 cm³/mol. The molecule has 0 aliphatic heterocycles. The smallest absolute Gasteiger partial charge is 0.00462 e. The van der Waals surface area contributed by atoms with E-state index in [9.17, 15) is 0 Å². The van der Waals surface area contributed by atoms with Gasteiger partial charge in [-0.2, -0.15) is 0 Å². The fraction of sp³-hybridized carbons (Fsp3) is 0.538. The van der Waals surface area contributed by atoms with Crippen molar-refractivity contribution in [3.63, 3.8) is 0 Å². The van der Waals surface area contributed by atoms with Gasteiger partial charge in [0.25, 0.3) is 0 Å². The maximum atomic E-state index is 3.19. The standard InChI is InChI=1S/C13H21N/c1-4-12-5-7-13(8-6-12)11(2)9-10-14-3/h5-8,11,14H,4,9-10H2,1-3H3. The molecule has 1 aromatic rings. The fourth-order valence-electron chi connectivity index (χ4n) is 1.61. The summed E-state index contributed by atoms with van der Waals surface area (Å²) in [5.74, 6) is 0.661. The van der Waals surface area contributed by atoms with Crippen LogP contribution in [0.5, 0.6) is 0 Å². The van der Waals surface area contributed by atoms with E-state index in [-0.39, 0.29) is 0 Å². The summed E-state index contributed by atoms with van der Waals surface area (Å²) < 4.78 is 0. The number of nitrogens with one attached hydrogen (secondary N) is 1.